The molecule has 96 valence electrons. The van der Waals surface area contributed by atoms with E-state index in [0.29, 0.717) is 5.54 Å². The van der Waals surface area contributed by atoms with Gasteiger partial charge in [-0.15, -0.1) is 0 Å². The van der Waals surface area contributed by atoms with Crippen LogP contribution < -0.4 is 5.32 Å². The SMILES string of the molecule is Oc1ccc(-c2cc3c(cc2Cl)NC2(CC2)C3)cc1. The highest BCUT2D eigenvalue weighted by Crippen LogP contribution is 2.49. The Morgan fingerprint density at radius 1 is 1.11 bits per heavy atom. The summed E-state index contributed by atoms with van der Waals surface area (Å²) >= 11 is 6.39. The van der Waals surface area contributed by atoms with Crippen LogP contribution in [-0.2, 0) is 6.42 Å². The molecular weight excluding hydrogens is 258 g/mol. The van der Waals surface area contributed by atoms with Gasteiger partial charge < -0.3 is 10.4 Å². The number of halogens is 1. The minimum Gasteiger partial charge on any atom is -0.508 e. The molecule has 0 radical (unpaired) electrons. The van der Waals surface area contributed by atoms with Crippen LogP contribution in [-0.4, -0.2) is 10.6 Å². The van der Waals surface area contributed by atoms with Crippen molar-refractivity contribution in [2.45, 2.75) is 24.8 Å². The van der Waals surface area contributed by atoms with Crippen LogP contribution in [0.1, 0.15) is 18.4 Å². The monoisotopic (exact) mass is 271 g/mol. The van der Waals surface area contributed by atoms with Crippen molar-refractivity contribution in [1.82, 2.24) is 0 Å². The van der Waals surface area contributed by atoms with Crippen molar-refractivity contribution in [3.8, 4) is 16.9 Å². The van der Waals surface area contributed by atoms with E-state index >= 15 is 0 Å². The van der Waals surface area contributed by atoms with Crippen molar-refractivity contribution in [2.75, 3.05) is 5.32 Å². The molecule has 2 aliphatic rings. The quantitative estimate of drug-likeness (QED) is 0.814. The summed E-state index contributed by atoms with van der Waals surface area (Å²) in [5.74, 6) is 0.277. The van der Waals surface area contributed by atoms with Crippen LogP contribution in [0.3, 0.4) is 0 Å². The highest BCUT2D eigenvalue weighted by molar-refractivity contribution is 6.33. The number of phenolic OH excluding ortho intramolecular Hbond substituents is 1. The molecule has 0 aromatic heterocycles. The standard InChI is InChI=1S/C16H14ClNO/c17-14-8-15-11(9-16(18-15)5-6-16)7-13(14)10-1-3-12(19)4-2-10/h1-4,7-8,18-19H,5-6,9H2. The summed E-state index contributed by atoms with van der Waals surface area (Å²) in [7, 11) is 0. The van der Waals surface area contributed by atoms with Gasteiger partial charge in [0.2, 0.25) is 0 Å². The molecule has 0 bridgehead atoms. The molecule has 2 N–H and O–H groups in total. The van der Waals surface area contributed by atoms with Gasteiger partial charge in [0.15, 0.2) is 0 Å². The second kappa shape index (κ2) is 3.67. The van der Waals surface area contributed by atoms with Crippen molar-refractivity contribution in [3.63, 3.8) is 0 Å². The van der Waals surface area contributed by atoms with Gasteiger partial charge in [-0.3, -0.25) is 0 Å². The first-order valence-corrected chi connectivity index (χ1v) is 6.93. The maximum atomic E-state index is 9.36. The molecule has 0 unspecified atom stereocenters. The van der Waals surface area contributed by atoms with E-state index in [1.54, 1.807) is 12.1 Å². The first-order valence-electron chi connectivity index (χ1n) is 6.55. The number of benzene rings is 2. The molecule has 2 aromatic carbocycles. The number of aromatic hydroxyl groups is 1. The molecule has 1 spiro atoms. The third kappa shape index (κ3) is 1.79. The normalized spacial score (nSPS) is 18.2. The fourth-order valence-electron chi connectivity index (χ4n) is 2.89. The minimum absolute atomic E-state index is 0.277. The lowest BCUT2D eigenvalue weighted by molar-refractivity contribution is 0.475. The maximum absolute atomic E-state index is 9.36. The Morgan fingerprint density at radius 2 is 1.84 bits per heavy atom. The molecule has 0 atom stereocenters. The van der Waals surface area contributed by atoms with Gasteiger partial charge in [0.1, 0.15) is 5.75 Å². The van der Waals surface area contributed by atoms with E-state index in [1.807, 2.05) is 18.2 Å². The third-order valence-corrected chi connectivity index (χ3v) is 4.47. The second-order valence-corrected chi connectivity index (χ2v) is 6.03. The van der Waals surface area contributed by atoms with Crippen LogP contribution in [0, 0.1) is 0 Å². The molecule has 4 rings (SSSR count). The van der Waals surface area contributed by atoms with Crippen molar-refractivity contribution in [2.24, 2.45) is 0 Å². The van der Waals surface area contributed by atoms with E-state index in [9.17, 15) is 5.11 Å². The highest BCUT2D eigenvalue weighted by atomic mass is 35.5. The summed E-state index contributed by atoms with van der Waals surface area (Å²) in [6.45, 7) is 0. The maximum Gasteiger partial charge on any atom is 0.115 e. The highest BCUT2D eigenvalue weighted by Gasteiger charge is 2.47. The van der Waals surface area contributed by atoms with Crippen LogP contribution in [0.4, 0.5) is 5.69 Å². The molecule has 1 heterocycles. The first-order chi connectivity index (χ1) is 9.15. The van der Waals surface area contributed by atoms with Gasteiger partial charge in [-0.2, -0.15) is 0 Å². The number of fused-ring (bicyclic) bond motifs is 1. The van der Waals surface area contributed by atoms with Gasteiger partial charge in [0, 0.05) is 16.8 Å². The molecule has 1 aliphatic carbocycles. The molecule has 2 nitrogen and oxygen atoms in total. The summed E-state index contributed by atoms with van der Waals surface area (Å²) in [5, 5.41) is 13.7. The summed E-state index contributed by atoms with van der Waals surface area (Å²) in [4.78, 5) is 0. The zero-order valence-corrected chi connectivity index (χ0v) is 11.2. The Hall–Kier alpha value is -1.67. The number of rotatable bonds is 1. The molecule has 1 aliphatic heterocycles. The van der Waals surface area contributed by atoms with Crippen molar-refractivity contribution in [1.29, 1.82) is 0 Å². The van der Waals surface area contributed by atoms with Crippen LogP contribution in [0.15, 0.2) is 36.4 Å². The number of hydrogen-bond acceptors (Lipinski definition) is 2. The lowest BCUT2D eigenvalue weighted by Crippen LogP contribution is -2.15. The van der Waals surface area contributed by atoms with Crippen LogP contribution in [0.25, 0.3) is 11.1 Å². The van der Waals surface area contributed by atoms with E-state index in [2.05, 4.69) is 11.4 Å². The number of anilines is 1. The first kappa shape index (κ1) is 11.2. The molecule has 1 fully saturated rings. The van der Waals surface area contributed by atoms with E-state index in [1.165, 1.54) is 24.1 Å². The lowest BCUT2D eigenvalue weighted by atomic mass is 10.0. The van der Waals surface area contributed by atoms with E-state index in [-0.39, 0.29) is 5.75 Å². The van der Waals surface area contributed by atoms with E-state index < -0.39 is 0 Å². The summed E-state index contributed by atoms with van der Waals surface area (Å²) in [5.41, 5.74) is 4.96. The number of phenols is 1. The summed E-state index contributed by atoms with van der Waals surface area (Å²) < 4.78 is 0. The number of nitrogens with one attached hydrogen (secondary N) is 1. The Labute approximate surface area is 117 Å². The molecule has 1 saturated carbocycles. The molecule has 0 amide bonds. The van der Waals surface area contributed by atoms with E-state index in [0.717, 1.165) is 22.6 Å². The molecule has 3 heteroatoms. The average Bonchev–Trinajstić information content (AvgIpc) is 3.03. The lowest BCUT2D eigenvalue weighted by Gasteiger charge is -2.09. The largest absolute Gasteiger partial charge is 0.508 e. The van der Waals surface area contributed by atoms with Gasteiger partial charge in [0.05, 0.1) is 5.02 Å². The van der Waals surface area contributed by atoms with E-state index in [4.69, 9.17) is 11.6 Å². The Balaban J connectivity index is 1.79. The van der Waals surface area contributed by atoms with Gasteiger partial charge in [-0.25, -0.2) is 0 Å². The van der Waals surface area contributed by atoms with Gasteiger partial charge >= 0.3 is 0 Å². The molecular formula is C16H14ClNO. The Kier molecular flexibility index (Phi) is 2.16. The fraction of sp³-hybridized carbons (Fsp3) is 0.250. The van der Waals surface area contributed by atoms with Crippen LogP contribution in [0.2, 0.25) is 5.02 Å². The fourth-order valence-corrected chi connectivity index (χ4v) is 3.16. The van der Waals surface area contributed by atoms with Gasteiger partial charge in [0.25, 0.3) is 0 Å². The smallest absolute Gasteiger partial charge is 0.115 e. The van der Waals surface area contributed by atoms with Crippen molar-refractivity contribution >= 4 is 17.3 Å². The molecule has 19 heavy (non-hydrogen) atoms. The minimum atomic E-state index is 0.277. The third-order valence-electron chi connectivity index (χ3n) is 4.15. The topological polar surface area (TPSA) is 32.3 Å². The van der Waals surface area contributed by atoms with Crippen LogP contribution >= 0.6 is 11.6 Å². The molecule has 2 aromatic rings. The predicted molar refractivity (Wildman–Crippen MR) is 77.8 cm³/mol. The van der Waals surface area contributed by atoms with Crippen LogP contribution in [0.5, 0.6) is 5.75 Å². The summed E-state index contributed by atoms with van der Waals surface area (Å²) in [6, 6.07) is 11.4. The second-order valence-electron chi connectivity index (χ2n) is 5.62. The Bertz CT molecular complexity index is 659. The zero-order valence-electron chi connectivity index (χ0n) is 10.4. The van der Waals surface area contributed by atoms with Gasteiger partial charge in [-0.1, -0.05) is 23.7 Å². The predicted octanol–water partition coefficient (Wildman–Crippen LogP) is 4.21. The Morgan fingerprint density at radius 3 is 2.53 bits per heavy atom. The van der Waals surface area contributed by atoms with Gasteiger partial charge in [-0.05, 0) is 54.7 Å². The zero-order chi connectivity index (χ0) is 13.0. The molecule has 0 saturated heterocycles. The van der Waals surface area contributed by atoms with Crippen molar-refractivity contribution in [3.05, 3.63) is 47.0 Å². The van der Waals surface area contributed by atoms with Crippen molar-refractivity contribution < 1.29 is 5.11 Å². The number of hydrogen-bond donors (Lipinski definition) is 2. The summed E-state index contributed by atoms with van der Waals surface area (Å²) in [6.07, 6.45) is 3.62. The average molecular weight is 272 g/mol.